The topological polar surface area (TPSA) is 15.3 Å². The Morgan fingerprint density at radius 1 is 1.50 bits per heavy atom. The van der Waals surface area contributed by atoms with Gasteiger partial charge >= 0.3 is 0 Å². The molecule has 2 nitrogen and oxygen atoms in total. The fraction of sp³-hybridized carbons (Fsp3) is 0.500. The molecule has 0 aliphatic rings. The third kappa shape index (κ3) is 4.87. The zero-order valence-corrected chi connectivity index (χ0v) is 9.59. The van der Waals surface area contributed by atoms with Crippen LogP contribution in [-0.2, 0) is 0 Å². The molecule has 0 aromatic carbocycles. The minimum absolute atomic E-state index is 0.995. The molecule has 0 unspecified atom stereocenters. The summed E-state index contributed by atoms with van der Waals surface area (Å²) < 4.78 is 0. The molecule has 0 aromatic rings. The molecule has 0 heterocycles. The summed E-state index contributed by atoms with van der Waals surface area (Å²) in [6.45, 7) is 11.0. The van der Waals surface area contributed by atoms with Gasteiger partial charge in [0.05, 0.1) is 0 Å². The molecule has 0 aliphatic carbocycles. The van der Waals surface area contributed by atoms with Gasteiger partial charge in [-0.2, -0.15) is 0 Å². The Hall–Kier alpha value is -1.02. The molecular weight excluding hydrogens is 172 g/mol. The first-order chi connectivity index (χ1) is 6.79. The molecule has 0 atom stereocenters. The van der Waals surface area contributed by atoms with Crippen molar-refractivity contribution in [1.82, 2.24) is 10.2 Å². The first-order valence-corrected chi connectivity index (χ1v) is 5.15. The van der Waals surface area contributed by atoms with Crippen LogP contribution in [0.1, 0.15) is 13.8 Å². The van der Waals surface area contributed by atoms with Crippen LogP contribution >= 0.6 is 0 Å². The van der Waals surface area contributed by atoms with Crippen LogP contribution in [0.3, 0.4) is 0 Å². The Morgan fingerprint density at radius 2 is 2.21 bits per heavy atom. The fourth-order valence-electron chi connectivity index (χ4n) is 1.21. The van der Waals surface area contributed by atoms with Crippen LogP contribution in [0.2, 0.25) is 0 Å². The summed E-state index contributed by atoms with van der Waals surface area (Å²) in [4.78, 5) is 2.30. The lowest BCUT2D eigenvalue weighted by Crippen LogP contribution is -2.29. The van der Waals surface area contributed by atoms with Crippen molar-refractivity contribution in [3.05, 3.63) is 36.6 Å². The van der Waals surface area contributed by atoms with Crippen LogP contribution in [0.5, 0.6) is 0 Å². The molecule has 14 heavy (non-hydrogen) atoms. The summed E-state index contributed by atoms with van der Waals surface area (Å²) in [5.74, 6) is 0. The Labute approximate surface area is 88.0 Å². The molecular formula is C12H22N2. The molecule has 0 aliphatic heterocycles. The van der Waals surface area contributed by atoms with Crippen molar-refractivity contribution in [2.75, 3.05) is 26.7 Å². The molecule has 0 fully saturated rings. The third-order valence-electron chi connectivity index (χ3n) is 2.05. The summed E-state index contributed by atoms with van der Waals surface area (Å²) in [6, 6.07) is 0. The predicted octanol–water partition coefficient (Wildman–Crippen LogP) is 2.17. The molecule has 0 saturated heterocycles. The van der Waals surface area contributed by atoms with E-state index in [1.54, 1.807) is 0 Å². The van der Waals surface area contributed by atoms with Crippen LogP contribution in [0.4, 0.5) is 0 Å². The fourth-order valence-corrected chi connectivity index (χ4v) is 1.21. The van der Waals surface area contributed by atoms with Gasteiger partial charge in [0.1, 0.15) is 0 Å². The average molecular weight is 194 g/mol. The maximum atomic E-state index is 3.83. The lowest BCUT2D eigenvalue weighted by atomic mass is 10.3. The molecule has 1 N–H and O–H groups in total. The number of nitrogens with one attached hydrogen (secondary N) is 1. The van der Waals surface area contributed by atoms with Gasteiger partial charge in [-0.15, -0.1) is 0 Å². The van der Waals surface area contributed by atoms with Crippen LogP contribution in [0.15, 0.2) is 36.6 Å². The van der Waals surface area contributed by atoms with Crippen molar-refractivity contribution in [2.45, 2.75) is 13.8 Å². The molecule has 0 aromatic heterocycles. The van der Waals surface area contributed by atoms with E-state index >= 15 is 0 Å². The van der Waals surface area contributed by atoms with Gasteiger partial charge in [-0.3, -0.25) is 0 Å². The van der Waals surface area contributed by atoms with Crippen molar-refractivity contribution in [3.8, 4) is 0 Å². The largest absolute Gasteiger partial charge is 0.371 e. The van der Waals surface area contributed by atoms with Crippen molar-refractivity contribution in [1.29, 1.82) is 0 Å². The second kappa shape index (κ2) is 8.57. The van der Waals surface area contributed by atoms with Gasteiger partial charge in [0.2, 0.25) is 0 Å². The minimum Gasteiger partial charge on any atom is -0.371 e. The maximum Gasteiger partial charge on any atom is 0.0360 e. The van der Waals surface area contributed by atoms with E-state index in [9.17, 15) is 0 Å². The van der Waals surface area contributed by atoms with Gasteiger partial charge in [-0.1, -0.05) is 18.7 Å². The zero-order valence-electron chi connectivity index (χ0n) is 9.59. The zero-order chi connectivity index (χ0) is 10.8. The Balaban J connectivity index is 4.35. The Bertz CT molecular complexity index is 204. The first-order valence-electron chi connectivity index (χ1n) is 5.15. The SMILES string of the molecule is C=C/C(=C\C=C/C)N(CC)CCNC. The van der Waals surface area contributed by atoms with Crippen LogP contribution in [0, 0.1) is 0 Å². The summed E-state index contributed by atoms with van der Waals surface area (Å²) in [6.07, 6.45) is 8.06. The number of likely N-dealkylation sites (N-methyl/N-ethyl adjacent to an activating group) is 2. The first kappa shape index (κ1) is 13.0. The van der Waals surface area contributed by atoms with E-state index in [1.165, 1.54) is 5.70 Å². The van der Waals surface area contributed by atoms with E-state index in [4.69, 9.17) is 0 Å². The van der Waals surface area contributed by atoms with Gasteiger partial charge in [0, 0.05) is 25.3 Å². The quantitative estimate of drug-likeness (QED) is 0.625. The van der Waals surface area contributed by atoms with Crippen molar-refractivity contribution < 1.29 is 0 Å². The highest BCUT2D eigenvalue weighted by Crippen LogP contribution is 2.04. The van der Waals surface area contributed by atoms with Gasteiger partial charge < -0.3 is 10.2 Å². The minimum atomic E-state index is 0.995. The smallest absolute Gasteiger partial charge is 0.0360 e. The lowest BCUT2D eigenvalue weighted by molar-refractivity contribution is 0.373. The molecule has 0 amide bonds. The molecule has 0 bridgehead atoms. The van der Waals surface area contributed by atoms with Crippen molar-refractivity contribution in [3.63, 3.8) is 0 Å². The van der Waals surface area contributed by atoms with Gasteiger partial charge in [-0.05, 0) is 33.0 Å². The van der Waals surface area contributed by atoms with Gasteiger partial charge in [0.15, 0.2) is 0 Å². The summed E-state index contributed by atoms with van der Waals surface area (Å²) in [5.41, 5.74) is 1.18. The highest BCUT2D eigenvalue weighted by molar-refractivity contribution is 5.20. The van der Waals surface area contributed by atoms with Gasteiger partial charge in [0.25, 0.3) is 0 Å². The maximum absolute atomic E-state index is 3.83. The highest BCUT2D eigenvalue weighted by atomic mass is 15.1. The summed E-state index contributed by atoms with van der Waals surface area (Å²) in [7, 11) is 1.97. The number of rotatable bonds is 7. The second-order valence-electron chi connectivity index (χ2n) is 3.00. The molecule has 80 valence electrons. The molecule has 0 rings (SSSR count). The van der Waals surface area contributed by atoms with Crippen molar-refractivity contribution >= 4 is 0 Å². The standard InChI is InChI=1S/C12H22N2/c1-5-8-9-12(6-2)14(7-3)11-10-13-4/h5-6,8-9,13H,2,7,10-11H2,1,3-4H3/b8-5-,12-9+. The summed E-state index contributed by atoms with van der Waals surface area (Å²) >= 11 is 0. The average Bonchev–Trinajstić information content (AvgIpc) is 2.23. The number of hydrogen-bond acceptors (Lipinski definition) is 2. The number of nitrogens with zero attached hydrogens (tertiary/aromatic N) is 1. The molecule has 0 saturated carbocycles. The monoisotopic (exact) mass is 194 g/mol. The number of allylic oxidation sites excluding steroid dienone is 4. The van der Waals surface area contributed by atoms with E-state index in [0.29, 0.717) is 0 Å². The number of hydrogen-bond donors (Lipinski definition) is 1. The lowest BCUT2D eigenvalue weighted by Gasteiger charge is -2.23. The van der Waals surface area contributed by atoms with E-state index < -0.39 is 0 Å². The molecule has 2 heteroatoms. The Morgan fingerprint density at radius 3 is 2.64 bits per heavy atom. The van der Waals surface area contributed by atoms with E-state index in [1.807, 2.05) is 32.2 Å². The highest BCUT2D eigenvalue weighted by Gasteiger charge is 2.01. The van der Waals surface area contributed by atoms with Crippen LogP contribution in [-0.4, -0.2) is 31.6 Å². The van der Waals surface area contributed by atoms with E-state index in [0.717, 1.165) is 19.6 Å². The Kier molecular flexibility index (Phi) is 7.95. The van der Waals surface area contributed by atoms with Crippen LogP contribution in [0.25, 0.3) is 0 Å². The van der Waals surface area contributed by atoms with E-state index in [2.05, 4.69) is 29.8 Å². The van der Waals surface area contributed by atoms with Crippen LogP contribution < -0.4 is 5.32 Å². The molecule has 0 spiro atoms. The normalized spacial score (nSPS) is 12.1. The van der Waals surface area contributed by atoms with Gasteiger partial charge in [-0.25, -0.2) is 0 Å². The predicted molar refractivity (Wildman–Crippen MR) is 64.3 cm³/mol. The third-order valence-corrected chi connectivity index (χ3v) is 2.05. The molecule has 0 radical (unpaired) electrons. The van der Waals surface area contributed by atoms with E-state index in [-0.39, 0.29) is 0 Å². The summed E-state index contributed by atoms with van der Waals surface area (Å²) in [5, 5.41) is 3.15. The van der Waals surface area contributed by atoms with Crippen molar-refractivity contribution in [2.24, 2.45) is 0 Å². The second-order valence-corrected chi connectivity index (χ2v) is 3.00.